The van der Waals surface area contributed by atoms with Crippen molar-refractivity contribution in [2.24, 2.45) is 0 Å². The zero-order valence-corrected chi connectivity index (χ0v) is 19.5. The normalized spacial score (nSPS) is 11.5. The van der Waals surface area contributed by atoms with Gasteiger partial charge in [0.25, 0.3) is 0 Å². The number of aromatic hydroxyl groups is 1. The molecule has 4 rings (SSSR count). The Labute approximate surface area is 201 Å². The van der Waals surface area contributed by atoms with Crippen molar-refractivity contribution in [3.05, 3.63) is 125 Å². The molecule has 0 radical (unpaired) electrons. The van der Waals surface area contributed by atoms with E-state index in [0.29, 0.717) is 6.54 Å². The van der Waals surface area contributed by atoms with Gasteiger partial charge in [0, 0.05) is 6.54 Å². The standard InChI is InChI=1S/C31H29NO2/c1-31(2,26-12-4-3-5-13-26)30(34)32-22-25-11-7-9-15-29(25)28-14-8-6-10-24(28)19-16-23-17-20-27(33)21-18-23/h3-21,33H,22H2,1-2H3,(H,32,34)/b19-16+. The lowest BCUT2D eigenvalue weighted by Gasteiger charge is -2.24. The summed E-state index contributed by atoms with van der Waals surface area (Å²) in [5, 5.41) is 12.7. The predicted molar refractivity (Wildman–Crippen MR) is 140 cm³/mol. The van der Waals surface area contributed by atoms with Crippen molar-refractivity contribution in [1.29, 1.82) is 0 Å². The van der Waals surface area contributed by atoms with Crippen molar-refractivity contribution in [2.45, 2.75) is 25.8 Å². The first-order chi connectivity index (χ1) is 16.4. The van der Waals surface area contributed by atoms with E-state index in [9.17, 15) is 9.90 Å². The second-order valence-electron chi connectivity index (χ2n) is 8.84. The lowest BCUT2D eigenvalue weighted by molar-refractivity contribution is -0.125. The lowest BCUT2D eigenvalue weighted by Crippen LogP contribution is -2.39. The summed E-state index contributed by atoms with van der Waals surface area (Å²) in [7, 11) is 0. The molecular formula is C31H29NO2. The number of phenols is 1. The highest BCUT2D eigenvalue weighted by Gasteiger charge is 2.29. The van der Waals surface area contributed by atoms with Crippen LogP contribution in [0, 0.1) is 0 Å². The second-order valence-corrected chi connectivity index (χ2v) is 8.84. The molecule has 0 aliphatic heterocycles. The van der Waals surface area contributed by atoms with Gasteiger partial charge in [-0.05, 0) is 59.4 Å². The molecule has 0 aliphatic carbocycles. The van der Waals surface area contributed by atoms with Crippen LogP contribution in [-0.2, 0) is 16.8 Å². The number of amides is 1. The summed E-state index contributed by atoms with van der Waals surface area (Å²) in [5.41, 5.74) is 5.71. The lowest BCUT2D eigenvalue weighted by atomic mass is 9.83. The number of hydrogen-bond donors (Lipinski definition) is 2. The van der Waals surface area contributed by atoms with Gasteiger partial charge in [0.1, 0.15) is 5.75 Å². The van der Waals surface area contributed by atoms with Crippen molar-refractivity contribution in [3.8, 4) is 16.9 Å². The van der Waals surface area contributed by atoms with Crippen LogP contribution >= 0.6 is 0 Å². The third kappa shape index (κ3) is 5.26. The van der Waals surface area contributed by atoms with E-state index < -0.39 is 5.41 Å². The van der Waals surface area contributed by atoms with Gasteiger partial charge in [-0.2, -0.15) is 0 Å². The largest absolute Gasteiger partial charge is 0.508 e. The minimum Gasteiger partial charge on any atom is -0.508 e. The molecule has 4 aromatic rings. The molecule has 170 valence electrons. The molecule has 1 amide bonds. The van der Waals surface area contributed by atoms with E-state index in [1.165, 1.54) is 0 Å². The van der Waals surface area contributed by atoms with Crippen LogP contribution in [0.1, 0.15) is 36.1 Å². The van der Waals surface area contributed by atoms with Gasteiger partial charge in [0.2, 0.25) is 5.91 Å². The summed E-state index contributed by atoms with van der Waals surface area (Å²) in [4.78, 5) is 13.1. The van der Waals surface area contributed by atoms with E-state index in [0.717, 1.165) is 33.4 Å². The van der Waals surface area contributed by atoms with Crippen LogP contribution in [0.5, 0.6) is 5.75 Å². The fourth-order valence-corrected chi connectivity index (χ4v) is 3.98. The van der Waals surface area contributed by atoms with Crippen molar-refractivity contribution in [2.75, 3.05) is 0 Å². The van der Waals surface area contributed by atoms with Gasteiger partial charge in [-0.1, -0.05) is 103 Å². The zero-order valence-electron chi connectivity index (χ0n) is 19.5. The smallest absolute Gasteiger partial charge is 0.230 e. The molecule has 0 fully saturated rings. The molecule has 0 atom stereocenters. The summed E-state index contributed by atoms with van der Waals surface area (Å²) in [6.07, 6.45) is 4.11. The zero-order chi connectivity index (χ0) is 24.0. The average molecular weight is 448 g/mol. The second kappa shape index (κ2) is 10.2. The summed E-state index contributed by atoms with van der Waals surface area (Å²) < 4.78 is 0. The number of carbonyl (C=O) groups is 1. The van der Waals surface area contributed by atoms with Crippen LogP contribution < -0.4 is 5.32 Å². The van der Waals surface area contributed by atoms with Crippen molar-refractivity contribution >= 4 is 18.1 Å². The highest BCUT2D eigenvalue weighted by Crippen LogP contribution is 2.29. The van der Waals surface area contributed by atoms with Crippen molar-refractivity contribution < 1.29 is 9.90 Å². The third-order valence-electron chi connectivity index (χ3n) is 6.12. The highest BCUT2D eigenvalue weighted by atomic mass is 16.3. The molecule has 3 heteroatoms. The fraction of sp³-hybridized carbons (Fsp3) is 0.129. The van der Waals surface area contributed by atoms with Gasteiger partial charge < -0.3 is 10.4 Å². The third-order valence-corrected chi connectivity index (χ3v) is 6.12. The van der Waals surface area contributed by atoms with Crippen LogP contribution in [0.15, 0.2) is 103 Å². The van der Waals surface area contributed by atoms with Crippen LogP contribution in [0.3, 0.4) is 0 Å². The van der Waals surface area contributed by atoms with Crippen LogP contribution in [0.25, 0.3) is 23.3 Å². The topological polar surface area (TPSA) is 49.3 Å². The number of rotatable bonds is 7. The summed E-state index contributed by atoms with van der Waals surface area (Å²) >= 11 is 0. The summed E-state index contributed by atoms with van der Waals surface area (Å²) in [6, 6.07) is 33.4. The molecule has 2 N–H and O–H groups in total. The number of hydrogen-bond acceptors (Lipinski definition) is 2. The molecule has 34 heavy (non-hydrogen) atoms. The van der Waals surface area contributed by atoms with Gasteiger partial charge in [0.05, 0.1) is 5.41 Å². The van der Waals surface area contributed by atoms with Gasteiger partial charge in [-0.15, -0.1) is 0 Å². The molecule has 0 saturated heterocycles. The van der Waals surface area contributed by atoms with E-state index in [1.54, 1.807) is 12.1 Å². The molecule has 0 aliphatic rings. The Kier molecular flexibility index (Phi) is 6.93. The first-order valence-corrected chi connectivity index (χ1v) is 11.4. The molecule has 0 aromatic heterocycles. The Balaban J connectivity index is 1.57. The molecule has 0 spiro atoms. The van der Waals surface area contributed by atoms with Gasteiger partial charge >= 0.3 is 0 Å². The van der Waals surface area contributed by atoms with Gasteiger partial charge in [0.15, 0.2) is 0 Å². The maximum absolute atomic E-state index is 13.1. The number of nitrogens with one attached hydrogen (secondary N) is 1. The summed E-state index contributed by atoms with van der Waals surface area (Å²) in [5.74, 6) is 0.248. The Morgan fingerprint density at radius 2 is 1.38 bits per heavy atom. The highest BCUT2D eigenvalue weighted by molar-refractivity contribution is 5.88. The van der Waals surface area contributed by atoms with Crippen molar-refractivity contribution in [1.82, 2.24) is 5.32 Å². The molecule has 0 heterocycles. The molecule has 0 saturated carbocycles. The first kappa shape index (κ1) is 23.1. The van der Waals surface area contributed by atoms with Crippen LogP contribution in [0.2, 0.25) is 0 Å². The van der Waals surface area contributed by atoms with E-state index in [2.05, 4.69) is 35.7 Å². The maximum Gasteiger partial charge on any atom is 0.230 e. The first-order valence-electron chi connectivity index (χ1n) is 11.4. The molecular weight excluding hydrogens is 418 g/mol. The van der Waals surface area contributed by atoms with Crippen LogP contribution in [-0.4, -0.2) is 11.0 Å². The van der Waals surface area contributed by atoms with Gasteiger partial charge in [-0.3, -0.25) is 4.79 Å². The maximum atomic E-state index is 13.1. The minimum atomic E-state index is -0.624. The Bertz CT molecular complexity index is 1290. The number of benzene rings is 4. The van der Waals surface area contributed by atoms with E-state index in [1.807, 2.05) is 86.7 Å². The summed E-state index contributed by atoms with van der Waals surface area (Å²) in [6.45, 7) is 4.35. The fourth-order valence-electron chi connectivity index (χ4n) is 3.98. The Morgan fingerprint density at radius 3 is 2.12 bits per heavy atom. The number of phenolic OH excluding ortho intramolecular Hbond substituents is 1. The monoisotopic (exact) mass is 447 g/mol. The average Bonchev–Trinajstić information content (AvgIpc) is 2.88. The van der Waals surface area contributed by atoms with E-state index >= 15 is 0 Å². The quantitative estimate of drug-likeness (QED) is 0.305. The van der Waals surface area contributed by atoms with Gasteiger partial charge in [-0.25, -0.2) is 0 Å². The molecule has 0 bridgehead atoms. The molecule has 0 unspecified atom stereocenters. The Hall–Kier alpha value is -4.11. The van der Waals surface area contributed by atoms with E-state index in [-0.39, 0.29) is 11.7 Å². The predicted octanol–water partition coefficient (Wildman–Crippen LogP) is 6.82. The SMILES string of the molecule is CC(C)(C(=O)NCc1ccccc1-c1ccccc1/C=C/c1ccc(O)cc1)c1ccccc1. The van der Waals surface area contributed by atoms with E-state index in [4.69, 9.17) is 0 Å². The minimum absolute atomic E-state index is 0.00554. The Morgan fingerprint density at radius 1 is 0.765 bits per heavy atom. The number of carbonyl (C=O) groups excluding carboxylic acids is 1. The molecule has 4 aromatic carbocycles. The van der Waals surface area contributed by atoms with Crippen molar-refractivity contribution in [3.63, 3.8) is 0 Å². The van der Waals surface area contributed by atoms with Crippen LogP contribution in [0.4, 0.5) is 0 Å². The molecule has 3 nitrogen and oxygen atoms in total.